The molecule has 1 atom stereocenters. The van der Waals surface area contributed by atoms with Crippen LogP contribution in [0.5, 0.6) is 0 Å². The molecule has 0 aromatic carbocycles. The molecule has 142 valence electrons. The summed E-state index contributed by atoms with van der Waals surface area (Å²) in [5.41, 5.74) is 0.792. The number of thioether (sulfide) groups is 1. The molecule has 1 saturated heterocycles. The molecule has 1 aliphatic rings. The highest BCUT2D eigenvalue weighted by Gasteiger charge is 2.26. The number of carbonyl (C=O) groups is 1. The zero-order valence-electron chi connectivity index (χ0n) is 15.2. The number of H-pyrrole nitrogens is 1. The van der Waals surface area contributed by atoms with E-state index in [1.165, 1.54) is 23.1 Å². The van der Waals surface area contributed by atoms with Gasteiger partial charge < -0.3 is 9.88 Å². The Labute approximate surface area is 169 Å². The second-order valence-electron chi connectivity index (χ2n) is 6.95. The molecule has 0 radical (unpaired) electrons. The van der Waals surface area contributed by atoms with Crippen LogP contribution >= 0.6 is 34.4 Å². The Morgan fingerprint density at radius 2 is 2.15 bits per heavy atom. The van der Waals surface area contributed by atoms with Gasteiger partial charge in [0.05, 0.1) is 10.6 Å². The SMILES string of the molecule is CC1CCN(C(=O)[C@@H](C)Sc2nc3scc(-c4cccs4)c3c(=O)[nH]2)CC1. The minimum Gasteiger partial charge on any atom is -0.342 e. The molecule has 4 heterocycles. The molecule has 3 aromatic heterocycles. The summed E-state index contributed by atoms with van der Waals surface area (Å²) < 4.78 is 0. The van der Waals surface area contributed by atoms with Crippen molar-refractivity contribution in [1.82, 2.24) is 14.9 Å². The average Bonchev–Trinajstić information content (AvgIpc) is 3.31. The quantitative estimate of drug-likeness (QED) is 0.501. The van der Waals surface area contributed by atoms with Gasteiger partial charge in [0.15, 0.2) is 5.16 Å². The molecular formula is C19H21N3O2S3. The number of hydrogen-bond acceptors (Lipinski definition) is 6. The van der Waals surface area contributed by atoms with Crippen LogP contribution in [0.4, 0.5) is 0 Å². The van der Waals surface area contributed by atoms with Gasteiger partial charge in [0.1, 0.15) is 4.83 Å². The molecule has 0 spiro atoms. The maximum atomic E-state index is 12.7. The molecule has 0 saturated carbocycles. The van der Waals surface area contributed by atoms with Gasteiger partial charge in [-0.15, -0.1) is 22.7 Å². The van der Waals surface area contributed by atoms with Crippen molar-refractivity contribution in [3.8, 4) is 10.4 Å². The lowest BCUT2D eigenvalue weighted by Gasteiger charge is -2.31. The van der Waals surface area contributed by atoms with Crippen LogP contribution in [0.3, 0.4) is 0 Å². The van der Waals surface area contributed by atoms with E-state index in [-0.39, 0.29) is 16.7 Å². The van der Waals surface area contributed by atoms with E-state index in [9.17, 15) is 9.59 Å². The van der Waals surface area contributed by atoms with Crippen molar-refractivity contribution in [3.63, 3.8) is 0 Å². The first-order chi connectivity index (χ1) is 13.0. The van der Waals surface area contributed by atoms with Crippen LogP contribution in [0.1, 0.15) is 26.7 Å². The Kier molecular flexibility index (Phi) is 5.39. The largest absolute Gasteiger partial charge is 0.342 e. The summed E-state index contributed by atoms with van der Waals surface area (Å²) in [6.45, 7) is 5.77. The maximum absolute atomic E-state index is 12.7. The first-order valence-corrected chi connectivity index (χ1v) is 11.7. The summed E-state index contributed by atoms with van der Waals surface area (Å²) in [6, 6.07) is 3.98. The fourth-order valence-electron chi connectivity index (χ4n) is 3.30. The first-order valence-electron chi connectivity index (χ1n) is 9.03. The second-order valence-corrected chi connectivity index (χ2v) is 10.1. The summed E-state index contributed by atoms with van der Waals surface area (Å²) in [5.74, 6) is 0.814. The molecule has 0 aliphatic carbocycles. The van der Waals surface area contributed by atoms with E-state index in [1.54, 1.807) is 11.3 Å². The van der Waals surface area contributed by atoms with E-state index in [0.717, 1.165) is 41.2 Å². The standard InChI is InChI=1S/C19H21N3O2S3/c1-11-5-7-22(8-6-11)18(24)12(2)27-19-20-16(23)15-13(10-26-17(15)21-19)14-4-3-9-25-14/h3-4,9-12H,5-8H2,1-2H3,(H,20,21,23)/t12-/m1/s1. The number of likely N-dealkylation sites (tertiary alicyclic amines) is 1. The van der Waals surface area contributed by atoms with Gasteiger partial charge in [-0.05, 0) is 37.1 Å². The van der Waals surface area contributed by atoms with Gasteiger partial charge in [0, 0.05) is 28.9 Å². The normalized spacial score (nSPS) is 16.7. The van der Waals surface area contributed by atoms with Crippen LogP contribution in [0.2, 0.25) is 0 Å². The lowest BCUT2D eigenvalue weighted by atomic mass is 9.99. The number of nitrogens with one attached hydrogen (secondary N) is 1. The predicted octanol–water partition coefficient (Wildman–Crippen LogP) is 4.45. The van der Waals surface area contributed by atoms with E-state index < -0.39 is 0 Å². The van der Waals surface area contributed by atoms with E-state index in [1.807, 2.05) is 34.7 Å². The molecule has 3 aromatic rings. The van der Waals surface area contributed by atoms with Crippen LogP contribution in [-0.2, 0) is 4.79 Å². The Hall–Kier alpha value is -1.64. The fraction of sp³-hybridized carbons (Fsp3) is 0.421. The monoisotopic (exact) mass is 419 g/mol. The number of carbonyl (C=O) groups excluding carboxylic acids is 1. The van der Waals surface area contributed by atoms with Gasteiger partial charge in [-0.25, -0.2) is 4.98 Å². The zero-order valence-corrected chi connectivity index (χ0v) is 17.7. The van der Waals surface area contributed by atoms with E-state index in [2.05, 4.69) is 16.9 Å². The first kappa shape index (κ1) is 18.7. The minimum absolute atomic E-state index is 0.125. The van der Waals surface area contributed by atoms with Gasteiger partial charge in [-0.3, -0.25) is 9.59 Å². The highest BCUT2D eigenvalue weighted by molar-refractivity contribution is 8.00. The van der Waals surface area contributed by atoms with Gasteiger partial charge in [0.2, 0.25) is 5.91 Å². The summed E-state index contributed by atoms with van der Waals surface area (Å²) in [7, 11) is 0. The Balaban J connectivity index is 1.54. The lowest BCUT2D eigenvalue weighted by Crippen LogP contribution is -2.41. The smallest absolute Gasteiger partial charge is 0.260 e. The van der Waals surface area contributed by atoms with Gasteiger partial charge in [-0.1, -0.05) is 24.8 Å². The number of fused-ring (bicyclic) bond motifs is 1. The van der Waals surface area contributed by atoms with Crippen molar-refractivity contribution >= 4 is 50.6 Å². The number of amides is 1. The van der Waals surface area contributed by atoms with Crippen LogP contribution < -0.4 is 5.56 Å². The Bertz CT molecular complexity index is 1000. The number of rotatable bonds is 4. The van der Waals surface area contributed by atoms with Crippen molar-refractivity contribution in [2.24, 2.45) is 5.92 Å². The summed E-state index contributed by atoms with van der Waals surface area (Å²) in [4.78, 5) is 36.6. The maximum Gasteiger partial charge on any atom is 0.260 e. The highest BCUT2D eigenvalue weighted by Crippen LogP contribution is 2.34. The molecule has 4 rings (SSSR count). The van der Waals surface area contributed by atoms with Crippen molar-refractivity contribution in [3.05, 3.63) is 33.2 Å². The number of nitrogens with zero attached hydrogens (tertiary/aromatic N) is 2. The van der Waals surface area contributed by atoms with Crippen molar-refractivity contribution in [2.45, 2.75) is 37.1 Å². The van der Waals surface area contributed by atoms with Crippen LogP contribution in [-0.4, -0.2) is 39.1 Å². The van der Waals surface area contributed by atoms with Gasteiger partial charge in [0.25, 0.3) is 5.56 Å². The van der Waals surface area contributed by atoms with Crippen molar-refractivity contribution < 1.29 is 4.79 Å². The number of thiophene rings is 2. The fourth-order valence-corrected chi connectivity index (χ4v) is 6.00. The lowest BCUT2D eigenvalue weighted by molar-refractivity contribution is -0.131. The Morgan fingerprint density at radius 1 is 1.37 bits per heavy atom. The van der Waals surface area contributed by atoms with Gasteiger partial charge >= 0.3 is 0 Å². The van der Waals surface area contributed by atoms with Crippen LogP contribution in [0.25, 0.3) is 20.7 Å². The Morgan fingerprint density at radius 3 is 2.85 bits per heavy atom. The number of aromatic nitrogens is 2. The molecule has 1 fully saturated rings. The molecule has 0 unspecified atom stereocenters. The van der Waals surface area contributed by atoms with E-state index in [4.69, 9.17) is 0 Å². The highest BCUT2D eigenvalue weighted by atomic mass is 32.2. The van der Waals surface area contributed by atoms with Crippen LogP contribution in [0, 0.1) is 5.92 Å². The average molecular weight is 420 g/mol. The number of hydrogen-bond donors (Lipinski definition) is 1. The summed E-state index contributed by atoms with van der Waals surface area (Å²) in [6.07, 6.45) is 2.12. The topological polar surface area (TPSA) is 66.1 Å². The molecule has 1 aliphatic heterocycles. The second kappa shape index (κ2) is 7.77. The predicted molar refractivity (Wildman–Crippen MR) is 114 cm³/mol. The summed E-state index contributed by atoms with van der Waals surface area (Å²) >= 11 is 4.41. The molecule has 8 heteroatoms. The molecule has 27 heavy (non-hydrogen) atoms. The van der Waals surface area contributed by atoms with Crippen LogP contribution in [0.15, 0.2) is 32.8 Å². The third-order valence-electron chi connectivity index (χ3n) is 4.94. The molecule has 1 amide bonds. The molecule has 5 nitrogen and oxygen atoms in total. The van der Waals surface area contributed by atoms with Crippen molar-refractivity contribution in [1.29, 1.82) is 0 Å². The molecule has 0 bridgehead atoms. The molecule has 1 N–H and O–H groups in total. The van der Waals surface area contributed by atoms with E-state index >= 15 is 0 Å². The van der Waals surface area contributed by atoms with Gasteiger partial charge in [-0.2, -0.15) is 0 Å². The van der Waals surface area contributed by atoms with E-state index in [0.29, 0.717) is 16.5 Å². The number of aromatic amines is 1. The zero-order chi connectivity index (χ0) is 19.0. The molecular weight excluding hydrogens is 398 g/mol. The third kappa shape index (κ3) is 3.83. The van der Waals surface area contributed by atoms with Crippen molar-refractivity contribution in [2.75, 3.05) is 13.1 Å². The number of piperidine rings is 1. The minimum atomic E-state index is -0.268. The summed E-state index contributed by atoms with van der Waals surface area (Å²) in [5, 5.41) is 4.86. The third-order valence-corrected chi connectivity index (χ3v) is 7.69.